The minimum atomic E-state index is -1.72. The normalized spacial score (nSPS) is 48.2. The Hall–Kier alpha value is -0.970. The van der Waals surface area contributed by atoms with Gasteiger partial charge < -0.3 is 15.3 Å². The molecule has 3 aliphatic carbocycles. The Balaban J connectivity index is 2.04. The summed E-state index contributed by atoms with van der Waals surface area (Å²) in [5.74, 6) is -0.729. The summed E-state index contributed by atoms with van der Waals surface area (Å²) in [5.41, 5.74) is -0.429. The molecular formula is C20H30O4. The highest BCUT2D eigenvalue weighted by Gasteiger charge is 2.60. The molecule has 0 radical (unpaired) electrons. The van der Waals surface area contributed by atoms with Gasteiger partial charge >= 0.3 is 0 Å². The van der Waals surface area contributed by atoms with Crippen LogP contribution in [-0.4, -0.2) is 38.9 Å². The average Bonchev–Trinajstić information content (AvgIpc) is 2.91. The van der Waals surface area contributed by atoms with Gasteiger partial charge in [-0.3, -0.25) is 4.79 Å². The van der Waals surface area contributed by atoms with Crippen molar-refractivity contribution in [1.82, 2.24) is 0 Å². The molecule has 0 amide bonds. The number of fused-ring (bicyclic) bond motifs is 2. The number of rotatable bonds is 0. The third kappa shape index (κ3) is 2.42. The molecule has 0 aromatic heterocycles. The monoisotopic (exact) mass is 334 g/mol. The number of aliphatic hydroxyl groups is 3. The van der Waals surface area contributed by atoms with Crippen molar-refractivity contribution in [3.63, 3.8) is 0 Å². The van der Waals surface area contributed by atoms with Crippen LogP contribution in [0.4, 0.5) is 0 Å². The van der Waals surface area contributed by atoms with Gasteiger partial charge in [-0.2, -0.15) is 0 Å². The minimum Gasteiger partial charge on any atom is -0.392 e. The largest absolute Gasteiger partial charge is 0.392 e. The van der Waals surface area contributed by atoms with E-state index in [1.165, 1.54) is 0 Å². The highest BCUT2D eigenvalue weighted by atomic mass is 16.3. The highest BCUT2D eigenvalue weighted by molar-refractivity contribution is 6.02. The van der Waals surface area contributed by atoms with E-state index in [0.717, 1.165) is 6.42 Å². The maximum atomic E-state index is 13.0. The molecule has 0 spiro atoms. The first-order valence-corrected chi connectivity index (χ1v) is 9.01. The summed E-state index contributed by atoms with van der Waals surface area (Å²) in [5, 5.41) is 32.4. The molecule has 3 aliphatic rings. The Morgan fingerprint density at radius 2 is 1.92 bits per heavy atom. The van der Waals surface area contributed by atoms with Crippen molar-refractivity contribution >= 4 is 5.78 Å². The van der Waals surface area contributed by atoms with Gasteiger partial charge in [0.25, 0.3) is 0 Å². The Morgan fingerprint density at radius 1 is 1.29 bits per heavy atom. The van der Waals surface area contributed by atoms with Crippen LogP contribution in [0.2, 0.25) is 0 Å². The third-order valence-corrected chi connectivity index (χ3v) is 6.99. The van der Waals surface area contributed by atoms with Crippen LogP contribution in [-0.2, 0) is 4.79 Å². The summed E-state index contributed by atoms with van der Waals surface area (Å²) in [6, 6.07) is 0. The fourth-order valence-corrected chi connectivity index (χ4v) is 5.17. The fraction of sp³-hybridized carbons (Fsp3) is 0.750. The predicted octanol–water partition coefficient (Wildman–Crippen LogP) is 2.23. The van der Waals surface area contributed by atoms with Gasteiger partial charge in [0, 0.05) is 0 Å². The van der Waals surface area contributed by atoms with Crippen molar-refractivity contribution in [3.05, 3.63) is 23.8 Å². The molecule has 2 fully saturated rings. The quantitative estimate of drug-likeness (QED) is 0.594. The minimum absolute atomic E-state index is 0.135. The highest BCUT2D eigenvalue weighted by Crippen LogP contribution is 2.62. The molecule has 0 aromatic carbocycles. The number of hydrogen-bond acceptors (Lipinski definition) is 4. The van der Waals surface area contributed by atoms with Crippen LogP contribution in [0.3, 0.4) is 0 Å². The van der Waals surface area contributed by atoms with Crippen LogP contribution < -0.4 is 0 Å². The van der Waals surface area contributed by atoms with E-state index in [4.69, 9.17) is 0 Å². The van der Waals surface area contributed by atoms with Gasteiger partial charge in [0.2, 0.25) is 0 Å². The zero-order chi connectivity index (χ0) is 18.0. The van der Waals surface area contributed by atoms with E-state index in [9.17, 15) is 20.1 Å². The molecule has 0 heterocycles. The summed E-state index contributed by atoms with van der Waals surface area (Å²) in [6.45, 7) is 11.9. The molecule has 7 atom stereocenters. The summed E-state index contributed by atoms with van der Waals surface area (Å²) >= 11 is 0. The Morgan fingerprint density at radius 3 is 2.54 bits per heavy atom. The lowest BCUT2D eigenvalue weighted by atomic mass is 9.77. The molecule has 0 unspecified atom stereocenters. The van der Waals surface area contributed by atoms with Gasteiger partial charge in [-0.05, 0) is 60.5 Å². The smallest absolute Gasteiger partial charge is 0.190 e. The molecular weight excluding hydrogens is 304 g/mol. The predicted molar refractivity (Wildman–Crippen MR) is 92.1 cm³/mol. The summed E-state index contributed by atoms with van der Waals surface area (Å²) in [6.07, 6.45) is 1.75. The van der Waals surface area contributed by atoms with Crippen LogP contribution in [0.15, 0.2) is 23.8 Å². The van der Waals surface area contributed by atoms with Gasteiger partial charge in [0.05, 0.1) is 18.1 Å². The number of carbonyl (C=O) groups excluding carboxylic acids is 1. The fourth-order valence-electron chi connectivity index (χ4n) is 5.17. The molecule has 134 valence electrons. The topological polar surface area (TPSA) is 77.8 Å². The van der Waals surface area contributed by atoms with Gasteiger partial charge in [-0.1, -0.05) is 33.4 Å². The number of hydrogen-bond donors (Lipinski definition) is 3. The van der Waals surface area contributed by atoms with Crippen LogP contribution in [0, 0.1) is 29.1 Å². The number of ketones is 1. The van der Waals surface area contributed by atoms with Crippen LogP contribution in [0.5, 0.6) is 0 Å². The third-order valence-electron chi connectivity index (χ3n) is 6.99. The second-order valence-electron chi connectivity index (χ2n) is 8.90. The molecule has 4 nitrogen and oxygen atoms in total. The molecule has 0 saturated heterocycles. The molecule has 2 saturated carbocycles. The number of Topliss-reactive ketones (excluding diaryl/α,β-unsaturated/α-hetero) is 1. The van der Waals surface area contributed by atoms with E-state index in [1.807, 2.05) is 13.0 Å². The van der Waals surface area contributed by atoms with Gasteiger partial charge in [-0.25, -0.2) is 0 Å². The van der Waals surface area contributed by atoms with Crippen molar-refractivity contribution in [3.8, 4) is 0 Å². The van der Waals surface area contributed by atoms with Crippen molar-refractivity contribution in [2.24, 2.45) is 29.1 Å². The Labute approximate surface area is 144 Å². The van der Waals surface area contributed by atoms with E-state index in [2.05, 4.69) is 20.4 Å². The summed E-state index contributed by atoms with van der Waals surface area (Å²) < 4.78 is 0. The molecule has 4 heteroatoms. The van der Waals surface area contributed by atoms with E-state index in [-0.39, 0.29) is 23.5 Å². The van der Waals surface area contributed by atoms with Crippen molar-refractivity contribution in [1.29, 1.82) is 0 Å². The summed E-state index contributed by atoms with van der Waals surface area (Å²) in [4.78, 5) is 13.0. The van der Waals surface area contributed by atoms with Crippen LogP contribution in [0.25, 0.3) is 0 Å². The lowest BCUT2D eigenvalue weighted by Crippen LogP contribution is -2.50. The van der Waals surface area contributed by atoms with Crippen LogP contribution in [0.1, 0.15) is 47.0 Å². The zero-order valence-electron chi connectivity index (χ0n) is 15.1. The first-order valence-electron chi connectivity index (χ1n) is 9.01. The van der Waals surface area contributed by atoms with Crippen molar-refractivity contribution in [2.75, 3.05) is 0 Å². The van der Waals surface area contributed by atoms with Gasteiger partial charge in [0.1, 0.15) is 5.60 Å². The molecule has 0 aliphatic heterocycles. The van der Waals surface area contributed by atoms with Crippen LogP contribution >= 0.6 is 0 Å². The number of aliphatic hydroxyl groups excluding tert-OH is 2. The standard InChI is InChI=1S/C20H30O4/c1-10-6-7-13-14(19(13,4)5)8-11(2)18(23)20(24)9-12(3)17(22)15(20)16(10)21/h8,12-17,21-22,24H,1,6-7,9H2,2-5H3/t12-,13-,14-,15-,16-,17-,20+/m0/s1. The number of carbonyl (C=O) groups is 1. The molecule has 3 N–H and O–H groups in total. The van der Waals surface area contributed by atoms with Gasteiger partial charge in [0.15, 0.2) is 5.78 Å². The summed E-state index contributed by atoms with van der Waals surface area (Å²) in [7, 11) is 0. The first-order chi connectivity index (χ1) is 11.0. The van der Waals surface area contributed by atoms with Crippen molar-refractivity contribution in [2.45, 2.75) is 64.8 Å². The molecule has 0 bridgehead atoms. The maximum absolute atomic E-state index is 13.0. The van der Waals surface area contributed by atoms with E-state index < -0.39 is 23.7 Å². The molecule has 24 heavy (non-hydrogen) atoms. The first kappa shape index (κ1) is 17.8. The lowest BCUT2D eigenvalue weighted by Gasteiger charge is -2.34. The van der Waals surface area contributed by atoms with Gasteiger partial charge in [-0.15, -0.1) is 0 Å². The second kappa shape index (κ2) is 5.52. The second-order valence-corrected chi connectivity index (χ2v) is 8.90. The van der Waals surface area contributed by atoms with E-state index in [0.29, 0.717) is 29.4 Å². The van der Waals surface area contributed by atoms with E-state index in [1.54, 1.807) is 6.92 Å². The maximum Gasteiger partial charge on any atom is 0.190 e. The molecule has 3 rings (SSSR count). The van der Waals surface area contributed by atoms with Crippen molar-refractivity contribution < 1.29 is 20.1 Å². The lowest BCUT2D eigenvalue weighted by molar-refractivity contribution is -0.144. The SMILES string of the molecule is C=C1CC[C@H]2[C@H](C=C(C)C(=O)[C@@]3(O)C[C@H](C)[C@H](O)[C@@H]3[C@H]1O)C2(C)C. The zero-order valence-corrected chi connectivity index (χ0v) is 15.1. The molecule has 0 aromatic rings. The van der Waals surface area contributed by atoms with E-state index >= 15 is 0 Å². The number of allylic oxidation sites excluding steroid dienone is 1. The Bertz CT molecular complexity index is 605. The Kier molecular flexibility index (Phi) is 4.10. The average molecular weight is 334 g/mol.